The van der Waals surface area contributed by atoms with Crippen molar-refractivity contribution in [1.29, 1.82) is 0 Å². The van der Waals surface area contributed by atoms with Crippen LogP contribution in [0.2, 0.25) is 0 Å². The highest BCUT2D eigenvalue weighted by Crippen LogP contribution is 2.22. The molecule has 1 amide bonds. The number of para-hydroxylation sites is 1. The molecule has 1 N–H and O–H groups in total. The molecule has 1 heterocycles. The maximum Gasteiger partial charge on any atom is 0.338 e. The number of hydrogen-bond acceptors (Lipinski definition) is 5. The number of aromatic nitrogens is 2. The molecule has 0 unspecified atom stereocenters. The quantitative estimate of drug-likeness (QED) is 0.665. The van der Waals surface area contributed by atoms with Gasteiger partial charge in [-0.05, 0) is 50.2 Å². The molecule has 3 rings (SSSR count). The van der Waals surface area contributed by atoms with Gasteiger partial charge in [-0.3, -0.25) is 4.79 Å². The van der Waals surface area contributed by atoms with E-state index in [4.69, 9.17) is 9.47 Å². The predicted molar refractivity (Wildman–Crippen MR) is 105 cm³/mol. The van der Waals surface area contributed by atoms with Crippen molar-refractivity contribution in [3.8, 4) is 11.4 Å². The van der Waals surface area contributed by atoms with Crippen LogP contribution in [0.25, 0.3) is 5.69 Å². The Kier molecular flexibility index (Phi) is 5.74. The third kappa shape index (κ3) is 4.20. The number of nitrogens with zero attached hydrogens (tertiary/aromatic N) is 2. The molecule has 0 fully saturated rings. The lowest BCUT2D eigenvalue weighted by atomic mass is 10.2. The van der Waals surface area contributed by atoms with Crippen LogP contribution in [-0.2, 0) is 9.53 Å². The van der Waals surface area contributed by atoms with Crippen LogP contribution in [0, 0.1) is 13.8 Å². The second-order valence-corrected chi connectivity index (χ2v) is 6.15. The number of amides is 1. The fourth-order valence-electron chi connectivity index (χ4n) is 2.76. The molecular weight excluding hydrogens is 358 g/mol. The number of methoxy groups -OCH3 is 1. The Morgan fingerprint density at radius 2 is 1.71 bits per heavy atom. The number of esters is 1. The van der Waals surface area contributed by atoms with E-state index in [1.54, 1.807) is 36.1 Å². The van der Waals surface area contributed by atoms with E-state index in [-0.39, 0.29) is 6.61 Å². The van der Waals surface area contributed by atoms with Crippen LogP contribution in [-0.4, -0.2) is 35.4 Å². The van der Waals surface area contributed by atoms with Gasteiger partial charge in [0.15, 0.2) is 6.61 Å². The van der Waals surface area contributed by atoms with E-state index in [1.807, 2.05) is 44.2 Å². The summed E-state index contributed by atoms with van der Waals surface area (Å²) < 4.78 is 11.9. The van der Waals surface area contributed by atoms with E-state index in [0.29, 0.717) is 22.7 Å². The lowest BCUT2D eigenvalue weighted by Gasteiger charge is -2.08. The van der Waals surface area contributed by atoms with Gasteiger partial charge in [0.05, 0.1) is 35.4 Å². The molecule has 0 atom stereocenters. The molecule has 7 heteroatoms. The molecule has 2 aromatic carbocycles. The maximum absolute atomic E-state index is 12.3. The first-order valence-corrected chi connectivity index (χ1v) is 8.72. The minimum Gasteiger partial charge on any atom is -0.497 e. The van der Waals surface area contributed by atoms with Crippen LogP contribution in [0.3, 0.4) is 0 Å². The number of nitrogens with one attached hydrogen (secondary N) is 1. The lowest BCUT2D eigenvalue weighted by Crippen LogP contribution is -2.21. The second-order valence-electron chi connectivity index (χ2n) is 6.15. The van der Waals surface area contributed by atoms with Crippen LogP contribution in [0.4, 0.5) is 5.69 Å². The standard InChI is InChI=1S/C21H21N3O4/c1-14-20(15(2)24(23-14)17-7-5-4-6-8-17)22-19(25)13-28-21(26)16-9-11-18(27-3)12-10-16/h4-12H,13H2,1-3H3,(H,22,25). The number of ether oxygens (including phenoxy) is 2. The average molecular weight is 379 g/mol. The van der Waals surface area contributed by atoms with Gasteiger partial charge in [0.2, 0.25) is 0 Å². The lowest BCUT2D eigenvalue weighted by molar-refractivity contribution is -0.119. The summed E-state index contributed by atoms with van der Waals surface area (Å²) in [6.45, 7) is 3.29. The monoisotopic (exact) mass is 379 g/mol. The summed E-state index contributed by atoms with van der Waals surface area (Å²) in [4.78, 5) is 24.3. The van der Waals surface area contributed by atoms with Crippen molar-refractivity contribution < 1.29 is 19.1 Å². The van der Waals surface area contributed by atoms with E-state index >= 15 is 0 Å². The number of benzene rings is 2. The Hall–Kier alpha value is -3.61. The van der Waals surface area contributed by atoms with E-state index < -0.39 is 11.9 Å². The van der Waals surface area contributed by atoms with E-state index in [1.165, 1.54) is 0 Å². The maximum atomic E-state index is 12.3. The number of aryl methyl sites for hydroxylation is 1. The van der Waals surface area contributed by atoms with Gasteiger partial charge in [-0.1, -0.05) is 18.2 Å². The van der Waals surface area contributed by atoms with Crippen LogP contribution in [0.5, 0.6) is 5.75 Å². The minimum absolute atomic E-state index is 0.345. The van der Waals surface area contributed by atoms with Gasteiger partial charge < -0.3 is 14.8 Å². The van der Waals surface area contributed by atoms with Crippen molar-refractivity contribution in [3.63, 3.8) is 0 Å². The molecule has 7 nitrogen and oxygen atoms in total. The van der Waals surface area contributed by atoms with Gasteiger partial charge in [-0.15, -0.1) is 0 Å². The number of rotatable bonds is 6. The van der Waals surface area contributed by atoms with Crippen molar-refractivity contribution in [2.45, 2.75) is 13.8 Å². The fraction of sp³-hybridized carbons (Fsp3) is 0.190. The summed E-state index contributed by atoms with van der Waals surface area (Å²) in [6.07, 6.45) is 0. The first-order valence-electron chi connectivity index (χ1n) is 8.72. The molecule has 0 saturated heterocycles. The molecule has 0 bridgehead atoms. The summed E-state index contributed by atoms with van der Waals surface area (Å²) in [6, 6.07) is 16.1. The molecule has 1 aromatic heterocycles. The van der Waals surface area contributed by atoms with Gasteiger partial charge in [-0.25, -0.2) is 9.48 Å². The number of anilines is 1. The Bertz CT molecular complexity index is 979. The highest BCUT2D eigenvalue weighted by Gasteiger charge is 2.16. The van der Waals surface area contributed by atoms with Crippen LogP contribution >= 0.6 is 0 Å². The topological polar surface area (TPSA) is 82.4 Å². The molecule has 0 spiro atoms. The summed E-state index contributed by atoms with van der Waals surface area (Å²) in [5.74, 6) is -0.373. The van der Waals surface area contributed by atoms with Gasteiger partial charge in [0.1, 0.15) is 5.75 Å². The molecule has 0 radical (unpaired) electrons. The first-order chi connectivity index (χ1) is 13.5. The third-order valence-electron chi connectivity index (χ3n) is 4.22. The SMILES string of the molecule is COc1ccc(C(=O)OCC(=O)Nc2c(C)nn(-c3ccccc3)c2C)cc1. The summed E-state index contributed by atoms with van der Waals surface area (Å²) >= 11 is 0. The van der Waals surface area contributed by atoms with E-state index in [9.17, 15) is 9.59 Å². The Morgan fingerprint density at radius 1 is 1.04 bits per heavy atom. The number of hydrogen-bond donors (Lipinski definition) is 1. The first kappa shape index (κ1) is 19.2. The average Bonchev–Trinajstić information content (AvgIpc) is 3.01. The zero-order chi connectivity index (χ0) is 20.1. The van der Waals surface area contributed by atoms with Crippen molar-refractivity contribution >= 4 is 17.6 Å². The molecule has 3 aromatic rings. The zero-order valence-electron chi connectivity index (χ0n) is 15.9. The smallest absolute Gasteiger partial charge is 0.338 e. The van der Waals surface area contributed by atoms with Gasteiger partial charge in [0, 0.05) is 0 Å². The van der Waals surface area contributed by atoms with Gasteiger partial charge in [-0.2, -0.15) is 5.10 Å². The number of carbonyl (C=O) groups excluding carboxylic acids is 2. The largest absolute Gasteiger partial charge is 0.497 e. The molecule has 0 aliphatic heterocycles. The minimum atomic E-state index is -0.578. The molecular formula is C21H21N3O4. The third-order valence-corrected chi connectivity index (χ3v) is 4.22. The van der Waals surface area contributed by atoms with E-state index in [0.717, 1.165) is 11.4 Å². The van der Waals surface area contributed by atoms with Crippen molar-refractivity contribution in [1.82, 2.24) is 9.78 Å². The molecule has 0 aliphatic carbocycles. The van der Waals surface area contributed by atoms with Crippen LogP contribution < -0.4 is 10.1 Å². The zero-order valence-corrected chi connectivity index (χ0v) is 15.9. The second kappa shape index (κ2) is 8.39. The molecule has 0 aliphatic rings. The molecule has 28 heavy (non-hydrogen) atoms. The Labute approximate surface area is 162 Å². The van der Waals surface area contributed by atoms with Gasteiger partial charge >= 0.3 is 5.97 Å². The highest BCUT2D eigenvalue weighted by molar-refractivity contribution is 5.96. The van der Waals surface area contributed by atoms with E-state index in [2.05, 4.69) is 10.4 Å². The summed E-state index contributed by atoms with van der Waals surface area (Å²) in [5, 5.41) is 7.25. The highest BCUT2D eigenvalue weighted by atomic mass is 16.5. The normalized spacial score (nSPS) is 10.4. The Morgan fingerprint density at radius 3 is 2.36 bits per heavy atom. The van der Waals surface area contributed by atoms with Crippen molar-refractivity contribution in [2.75, 3.05) is 19.0 Å². The van der Waals surface area contributed by atoms with Crippen molar-refractivity contribution in [3.05, 3.63) is 71.5 Å². The molecule has 144 valence electrons. The summed E-state index contributed by atoms with van der Waals surface area (Å²) in [5.41, 5.74) is 3.32. The van der Waals surface area contributed by atoms with Crippen LogP contribution in [0.15, 0.2) is 54.6 Å². The van der Waals surface area contributed by atoms with Crippen molar-refractivity contribution in [2.24, 2.45) is 0 Å². The fourth-order valence-corrected chi connectivity index (χ4v) is 2.76. The predicted octanol–water partition coefficient (Wildman–Crippen LogP) is 3.29. The van der Waals surface area contributed by atoms with Crippen LogP contribution in [0.1, 0.15) is 21.7 Å². The number of carbonyl (C=O) groups is 2. The molecule has 0 saturated carbocycles. The Balaban J connectivity index is 1.63. The summed E-state index contributed by atoms with van der Waals surface area (Å²) in [7, 11) is 1.54. The van der Waals surface area contributed by atoms with Gasteiger partial charge in [0.25, 0.3) is 5.91 Å².